The molecular weight excluding hydrogens is 214 g/mol. The van der Waals surface area contributed by atoms with Crippen molar-refractivity contribution in [2.24, 2.45) is 17.6 Å². The normalized spacial score (nSPS) is 38.7. The van der Waals surface area contributed by atoms with Gasteiger partial charge in [0.25, 0.3) is 0 Å². The molecule has 98 valence electrons. The molecular formula is C14H25NO2. The van der Waals surface area contributed by atoms with Crippen molar-refractivity contribution in [3.05, 3.63) is 0 Å². The van der Waals surface area contributed by atoms with E-state index >= 15 is 0 Å². The van der Waals surface area contributed by atoms with Crippen molar-refractivity contribution in [2.75, 3.05) is 0 Å². The first-order valence-electron chi connectivity index (χ1n) is 7.11. The topological polar surface area (TPSA) is 52.3 Å². The van der Waals surface area contributed by atoms with Crippen molar-refractivity contribution in [1.29, 1.82) is 0 Å². The molecule has 2 N–H and O–H groups in total. The van der Waals surface area contributed by atoms with Crippen LogP contribution >= 0.6 is 0 Å². The molecule has 2 fully saturated rings. The third-order valence-electron chi connectivity index (χ3n) is 4.29. The fourth-order valence-corrected chi connectivity index (χ4v) is 3.05. The number of ether oxygens (including phenoxy) is 1. The molecule has 3 heteroatoms. The summed E-state index contributed by atoms with van der Waals surface area (Å²) in [5.74, 6) is 0.880. The third-order valence-corrected chi connectivity index (χ3v) is 4.29. The monoisotopic (exact) mass is 239 g/mol. The molecule has 0 saturated heterocycles. The molecule has 2 aliphatic carbocycles. The number of rotatable bonds is 2. The van der Waals surface area contributed by atoms with Crippen LogP contribution in [0.5, 0.6) is 0 Å². The maximum atomic E-state index is 12.0. The largest absolute Gasteiger partial charge is 0.462 e. The standard InChI is InChI=1S/C14H25NO2/c1-10-5-7-13(8-6-10)17-14(16)11-3-2-4-12(15)9-11/h10-13H,2-9,15H2,1H3. The van der Waals surface area contributed by atoms with Crippen LogP contribution in [-0.2, 0) is 9.53 Å². The number of hydrogen-bond donors (Lipinski definition) is 1. The highest BCUT2D eigenvalue weighted by molar-refractivity contribution is 5.72. The zero-order valence-electron chi connectivity index (χ0n) is 10.9. The minimum absolute atomic E-state index is 0.0136. The number of esters is 1. The zero-order chi connectivity index (χ0) is 12.3. The predicted octanol–water partition coefficient (Wildman–Crippen LogP) is 2.63. The Morgan fingerprint density at radius 1 is 1.12 bits per heavy atom. The fourth-order valence-electron chi connectivity index (χ4n) is 3.05. The van der Waals surface area contributed by atoms with Crippen LogP contribution in [0.2, 0.25) is 0 Å². The minimum atomic E-state index is 0.0136. The van der Waals surface area contributed by atoms with Gasteiger partial charge in [-0.15, -0.1) is 0 Å². The van der Waals surface area contributed by atoms with E-state index in [4.69, 9.17) is 10.5 Å². The SMILES string of the molecule is CC1CCC(OC(=O)C2CCCC(N)C2)CC1. The Hall–Kier alpha value is -0.570. The highest BCUT2D eigenvalue weighted by atomic mass is 16.5. The lowest BCUT2D eigenvalue weighted by Gasteiger charge is -2.30. The first kappa shape index (κ1) is 12.9. The molecule has 0 radical (unpaired) electrons. The van der Waals surface area contributed by atoms with Crippen LogP contribution in [0.15, 0.2) is 0 Å². The lowest BCUT2D eigenvalue weighted by Crippen LogP contribution is -2.34. The van der Waals surface area contributed by atoms with E-state index in [0.29, 0.717) is 0 Å². The summed E-state index contributed by atoms with van der Waals surface area (Å²) < 4.78 is 5.63. The highest BCUT2D eigenvalue weighted by Crippen LogP contribution is 2.29. The molecule has 17 heavy (non-hydrogen) atoms. The van der Waals surface area contributed by atoms with Gasteiger partial charge in [-0.1, -0.05) is 13.3 Å². The van der Waals surface area contributed by atoms with Crippen LogP contribution in [0.25, 0.3) is 0 Å². The quantitative estimate of drug-likeness (QED) is 0.754. The molecule has 0 amide bonds. The molecule has 0 aromatic rings. The van der Waals surface area contributed by atoms with Crippen molar-refractivity contribution in [3.63, 3.8) is 0 Å². The van der Waals surface area contributed by atoms with Crippen molar-refractivity contribution in [2.45, 2.75) is 70.4 Å². The summed E-state index contributed by atoms with van der Waals surface area (Å²) >= 11 is 0. The number of nitrogens with two attached hydrogens (primary N) is 1. The van der Waals surface area contributed by atoms with Gasteiger partial charge in [-0.05, 0) is 50.9 Å². The van der Waals surface area contributed by atoms with Crippen LogP contribution in [0, 0.1) is 11.8 Å². The average molecular weight is 239 g/mol. The summed E-state index contributed by atoms with van der Waals surface area (Å²) in [6.07, 6.45) is 8.59. The molecule has 0 spiro atoms. The predicted molar refractivity (Wildman–Crippen MR) is 67.4 cm³/mol. The lowest BCUT2D eigenvalue weighted by molar-refractivity contribution is -0.157. The molecule has 2 saturated carbocycles. The summed E-state index contributed by atoms with van der Waals surface area (Å²) in [4.78, 5) is 12.0. The van der Waals surface area contributed by atoms with Crippen LogP contribution in [0.1, 0.15) is 58.3 Å². The van der Waals surface area contributed by atoms with Gasteiger partial charge in [0.1, 0.15) is 6.10 Å². The third kappa shape index (κ3) is 3.70. The van der Waals surface area contributed by atoms with E-state index in [2.05, 4.69) is 6.92 Å². The fraction of sp³-hybridized carbons (Fsp3) is 0.929. The van der Waals surface area contributed by atoms with Gasteiger partial charge in [-0.3, -0.25) is 4.79 Å². The molecule has 3 nitrogen and oxygen atoms in total. The molecule has 0 aromatic heterocycles. The Bertz CT molecular complexity index is 259. The minimum Gasteiger partial charge on any atom is -0.462 e. The first-order valence-corrected chi connectivity index (χ1v) is 7.11. The van der Waals surface area contributed by atoms with Gasteiger partial charge in [0.2, 0.25) is 0 Å². The molecule has 2 aliphatic rings. The van der Waals surface area contributed by atoms with Crippen molar-refractivity contribution >= 4 is 5.97 Å². The van der Waals surface area contributed by atoms with Crippen LogP contribution in [-0.4, -0.2) is 18.1 Å². The van der Waals surface area contributed by atoms with E-state index < -0.39 is 0 Å². The Balaban J connectivity index is 1.76. The van der Waals surface area contributed by atoms with E-state index in [9.17, 15) is 4.79 Å². The van der Waals surface area contributed by atoms with Gasteiger partial charge in [-0.25, -0.2) is 0 Å². The van der Waals surface area contributed by atoms with Gasteiger partial charge in [-0.2, -0.15) is 0 Å². The molecule has 0 aliphatic heterocycles. The number of carbonyl (C=O) groups excluding carboxylic acids is 1. The molecule has 2 rings (SSSR count). The van der Waals surface area contributed by atoms with Crippen LogP contribution < -0.4 is 5.73 Å². The molecule has 0 bridgehead atoms. The Morgan fingerprint density at radius 2 is 1.82 bits per heavy atom. The smallest absolute Gasteiger partial charge is 0.309 e. The van der Waals surface area contributed by atoms with Gasteiger partial charge in [0.05, 0.1) is 5.92 Å². The number of hydrogen-bond acceptors (Lipinski definition) is 3. The summed E-state index contributed by atoms with van der Waals surface area (Å²) in [6, 6.07) is 0.202. The Morgan fingerprint density at radius 3 is 2.47 bits per heavy atom. The summed E-state index contributed by atoms with van der Waals surface area (Å²) in [5.41, 5.74) is 5.91. The second-order valence-electron chi connectivity index (χ2n) is 5.94. The van der Waals surface area contributed by atoms with E-state index in [0.717, 1.165) is 44.4 Å². The second-order valence-corrected chi connectivity index (χ2v) is 5.94. The molecule has 2 unspecified atom stereocenters. The first-order chi connectivity index (χ1) is 8.15. The van der Waals surface area contributed by atoms with Crippen LogP contribution in [0.3, 0.4) is 0 Å². The maximum Gasteiger partial charge on any atom is 0.309 e. The molecule has 0 aromatic carbocycles. The van der Waals surface area contributed by atoms with E-state index in [1.54, 1.807) is 0 Å². The van der Waals surface area contributed by atoms with Crippen molar-refractivity contribution in [1.82, 2.24) is 0 Å². The van der Waals surface area contributed by atoms with Crippen LogP contribution in [0.4, 0.5) is 0 Å². The van der Waals surface area contributed by atoms with Crippen molar-refractivity contribution in [3.8, 4) is 0 Å². The second kappa shape index (κ2) is 5.85. The zero-order valence-corrected chi connectivity index (χ0v) is 10.9. The lowest BCUT2D eigenvalue weighted by atomic mass is 9.85. The Labute approximate surface area is 104 Å². The molecule has 2 atom stereocenters. The van der Waals surface area contributed by atoms with Gasteiger partial charge in [0, 0.05) is 6.04 Å². The molecule has 0 heterocycles. The van der Waals surface area contributed by atoms with Gasteiger partial charge in [0.15, 0.2) is 0 Å². The average Bonchev–Trinajstić information content (AvgIpc) is 2.32. The van der Waals surface area contributed by atoms with E-state index in [-0.39, 0.29) is 24.0 Å². The van der Waals surface area contributed by atoms with E-state index in [1.165, 1.54) is 12.8 Å². The highest BCUT2D eigenvalue weighted by Gasteiger charge is 2.29. The Kier molecular flexibility index (Phi) is 4.43. The summed E-state index contributed by atoms with van der Waals surface area (Å²) in [7, 11) is 0. The number of carbonyl (C=O) groups is 1. The van der Waals surface area contributed by atoms with Gasteiger partial charge >= 0.3 is 5.97 Å². The van der Waals surface area contributed by atoms with E-state index in [1.807, 2.05) is 0 Å². The summed E-state index contributed by atoms with van der Waals surface area (Å²) in [5, 5.41) is 0. The van der Waals surface area contributed by atoms with Gasteiger partial charge < -0.3 is 10.5 Å². The maximum absolute atomic E-state index is 12.0. The summed E-state index contributed by atoms with van der Waals surface area (Å²) in [6.45, 7) is 2.28. The van der Waals surface area contributed by atoms with Crippen molar-refractivity contribution < 1.29 is 9.53 Å².